The number of carbonyl (C=O) groups excluding carboxylic acids is 1. The number of anilines is 1. The van der Waals surface area contributed by atoms with Gasteiger partial charge in [0.25, 0.3) is 0 Å². The Balaban J connectivity index is 1.36. The summed E-state index contributed by atoms with van der Waals surface area (Å²) in [6.07, 6.45) is 8.48. The monoisotopic (exact) mass is 325 g/mol. The molecular formula is C18H23N5O. The van der Waals surface area contributed by atoms with Crippen LogP contribution in [0, 0.1) is 5.92 Å². The number of hydrogen-bond acceptors (Lipinski definition) is 4. The zero-order valence-corrected chi connectivity index (χ0v) is 13.8. The Kier molecular flexibility index (Phi) is 4.19. The first-order chi connectivity index (χ1) is 11.8. The fraction of sp³-hybridized carbons (Fsp3) is 0.500. The molecule has 4 rings (SSSR count). The summed E-state index contributed by atoms with van der Waals surface area (Å²) in [4.78, 5) is 16.7. The number of carbonyl (C=O) groups is 1. The molecule has 2 aliphatic rings. The number of piperazine rings is 1. The predicted octanol–water partition coefficient (Wildman–Crippen LogP) is 2.11. The van der Waals surface area contributed by atoms with Crippen molar-refractivity contribution in [2.24, 2.45) is 5.92 Å². The Morgan fingerprint density at radius 3 is 2.17 bits per heavy atom. The van der Waals surface area contributed by atoms with Crippen LogP contribution in [0.5, 0.6) is 0 Å². The molecule has 0 unspecified atom stereocenters. The predicted molar refractivity (Wildman–Crippen MR) is 92.1 cm³/mol. The van der Waals surface area contributed by atoms with Gasteiger partial charge in [0, 0.05) is 44.5 Å². The maximum absolute atomic E-state index is 12.5. The molecule has 1 saturated heterocycles. The average Bonchev–Trinajstić information content (AvgIpc) is 3.35. The molecule has 6 heteroatoms. The van der Waals surface area contributed by atoms with E-state index in [1.54, 1.807) is 0 Å². The lowest BCUT2D eigenvalue weighted by Crippen LogP contribution is -2.50. The van der Waals surface area contributed by atoms with E-state index in [4.69, 9.17) is 0 Å². The van der Waals surface area contributed by atoms with Gasteiger partial charge >= 0.3 is 0 Å². The highest BCUT2D eigenvalue weighted by Crippen LogP contribution is 2.27. The van der Waals surface area contributed by atoms with E-state index in [0.717, 1.165) is 50.7 Å². The smallest absolute Gasteiger partial charge is 0.225 e. The van der Waals surface area contributed by atoms with Crippen LogP contribution < -0.4 is 4.90 Å². The van der Waals surface area contributed by atoms with Crippen molar-refractivity contribution in [2.45, 2.75) is 25.7 Å². The van der Waals surface area contributed by atoms with Crippen LogP contribution in [0.15, 0.2) is 36.7 Å². The molecule has 0 N–H and O–H groups in total. The third kappa shape index (κ3) is 3.00. The van der Waals surface area contributed by atoms with Crippen molar-refractivity contribution in [1.29, 1.82) is 0 Å². The maximum atomic E-state index is 12.5. The zero-order chi connectivity index (χ0) is 16.4. The summed E-state index contributed by atoms with van der Waals surface area (Å²) in [5, 5.41) is 8.66. The van der Waals surface area contributed by atoms with Crippen molar-refractivity contribution in [2.75, 3.05) is 31.1 Å². The van der Waals surface area contributed by atoms with E-state index in [1.807, 2.05) is 46.1 Å². The second kappa shape index (κ2) is 6.63. The second-order valence-corrected chi connectivity index (χ2v) is 6.63. The van der Waals surface area contributed by atoms with Crippen LogP contribution in [0.3, 0.4) is 0 Å². The molecule has 2 aromatic heterocycles. The van der Waals surface area contributed by atoms with Gasteiger partial charge in [-0.1, -0.05) is 12.8 Å². The van der Waals surface area contributed by atoms with Crippen molar-refractivity contribution in [3.05, 3.63) is 36.7 Å². The van der Waals surface area contributed by atoms with E-state index < -0.39 is 0 Å². The molecule has 1 aliphatic carbocycles. The van der Waals surface area contributed by atoms with Gasteiger partial charge in [-0.25, -0.2) is 0 Å². The SMILES string of the molecule is O=C(C1CCCC1)N1CCN(c2ccc(-n3cccc3)nn2)CC1. The highest BCUT2D eigenvalue weighted by Gasteiger charge is 2.29. The molecular weight excluding hydrogens is 302 g/mol. The van der Waals surface area contributed by atoms with E-state index in [9.17, 15) is 4.79 Å². The normalized spacial score (nSPS) is 19.0. The van der Waals surface area contributed by atoms with Gasteiger partial charge in [-0.3, -0.25) is 4.79 Å². The van der Waals surface area contributed by atoms with Crippen LogP contribution in [-0.4, -0.2) is 51.8 Å². The fourth-order valence-corrected chi connectivity index (χ4v) is 3.70. The quantitative estimate of drug-likeness (QED) is 0.867. The van der Waals surface area contributed by atoms with Gasteiger partial charge in [0.05, 0.1) is 0 Å². The van der Waals surface area contributed by atoms with Crippen LogP contribution in [0.25, 0.3) is 5.82 Å². The minimum absolute atomic E-state index is 0.275. The van der Waals surface area contributed by atoms with E-state index in [-0.39, 0.29) is 5.92 Å². The molecule has 1 amide bonds. The number of rotatable bonds is 3. The van der Waals surface area contributed by atoms with Gasteiger partial charge in [-0.15, -0.1) is 10.2 Å². The molecule has 1 aliphatic heterocycles. The molecule has 3 heterocycles. The van der Waals surface area contributed by atoms with Crippen LogP contribution in [0.2, 0.25) is 0 Å². The molecule has 24 heavy (non-hydrogen) atoms. The molecule has 1 saturated carbocycles. The topological polar surface area (TPSA) is 54.3 Å². The Bertz CT molecular complexity index is 668. The second-order valence-electron chi connectivity index (χ2n) is 6.63. The molecule has 0 radical (unpaired) electrons. The summed E-state index contributed by atoms with van der Waals surface area (Å²) in [7, 11) is 0. The standard InChI is InChI=1S/C18H23N5O/c24-18(15-5-1-2-6-15)23-13-11-22(12-14-23)17-8-7-16(19-20-17)21-9-3-4-10-21/h3-4,7-10,15H,1-2,5-6,11-14H2. The Morgan fingerprint density at radius 2 is 1.54 bits per heavy atom. The molecule has 2 aromatic rings. The number of amides is 1. The summed E-state index contributed by atoms with van der Waals surface area (Å²) in [5.74, 6) is 2.34. The number of hydrogen-bond donors (Lipinski definition) is 0. The Morgan fingerprint density at radius 1 is 0.917 bits per heavy atom. The van der Waals surface area contributed by atoms with Crippen LogP contribution >= 0.6 is 0 Å². The largest absolute Gasteiger partial charge is 0.352 e. The molecule has 6 nitrogen and oxygen atoms in total. The highest BCUT2D eigenvalue weighted by molar-refractivity contribution is 5.79. The minimum atomic E-state index is 0.275. The van der Waals surface area contributed by atoms with Crippen LogP contribution in [-0.2, 0) is 4.79 Å². The van der Waals surface area contributed by atoms with E-state index >= 15 is 0 Å². The Labute approximate surface area is 142 Å². The van der Waals surface area contributed by atoms with Crippen molar-refractivity contribution in [1.82, 2.24) is 19.7 Å². The van der Waals surface area contributed by atoms with Gasteiger partial charge in [0.1, 0.15) is 0 Å². The zero-order valence-electron chi connectivity index (χ0n) is 13.8. The molecule has 0 spiro atoms. The summed E-state index contributed by atoms with van der Waals surface area (Å²) in [6, 6.07) is 7.93. The lowest BCUT2D eigenvalue weighted by atomic mass is 10.1. The van der Waals surface area contributed by atoms with Crippen molar-refractivity contribution in [3.8, 4) is 5.82 Å². The highest BCUT2D eigenvalue weighted by atomic mass is 16.2. The van der Waals surface area contributed by atoms with Crippen LogP contribution in [0.1, 0.15) is 25.7 Å². The van der Waals surface area contributed by atoms with Crippen molar-refractivity contribution >= 4 is 11.7 Å². The first-order valence-electron chi connectivity index (χ1n) is 8.82. The molecule has 2 fully saturated rings. The molecule has 0 aromatic carbocycles. The molecule has 126 valence electrons. The molecule has 0 atom stereocenters. The lowest BCUT2D eigenvalue weighted by molar-refractivity contribution is -0.135. The number of nitrogens with zero attached hydrogens (tertiary/aromatic N) is 5. The van der Waals surface area contributed by atoms with Gasteiger partial charge in [0.15, 0.2) is 11.6 Å². The van der Waals surface area contributed by atoms with E-state index in [2.05, 4.69) is 15.1 Å². The lowest BCUT2D eigenvalue weighted by Gasteiger charge is -2.36. The third-order valence-corrected chi connectivity index (χ3v) is 5.13. The average molecular weight is 325 g/mol. The fourth-order valence-electron chi connectivity index (χ4n) is 3.70. The molecule has 0 bridgehead atoms. The number of aromatic nitrogens is 3. The van der Waals surface area contributed by atoms with Crippen molar-refractivity contribution in [3.63, 3.8) is 0 Å². The van der Waals surface area contributed by atoms with E-state index in [1.165, 1.54) is 12.8 Å². The maximum Gasteiger partial charge on any atom is 0.225 e. The summed E-state index contributed by atoms with van der Waals surface area (Å²) < 4.78 is 1.94. The third-order valence-electron chi connectivity index (χ3n) is 5.13. The summed E-state index contributed by atoms with van der Waals surface area (Å²) in [6.45, 7) is 3.23. The van der Waals surface area contributed by atoms with E-state index in [0.29, 0.717) is 5.91 Å². The summed E-state index contributed by atoms with van der Waals surface area (Å²) in [5.41, 5.74) is 0. The van der Waals surface area contributed by atoms with Gasteiger partial charge in [-0.05, 0) is 37.1 Å². The van der Waals surface area contributed by atoms with Gasteiger partial charge in [0.2, 0.25) is 5.91 Å². The van der Waals surface area contributed by atoms with Crippen LogP contribution in [0.4, 0.5) is 5.82 Å². The van der Waals surface area contributed by atoms with Crippen molar-refractivity contribution < 1.29 is 4.79 Å². The minimum Gasteiger partial charge on any atom is -0.352 e. The summed E-state index contributed by atoms with van der Waals surface area (Å²) >= 11 is 0. The van der Waals surface area contributed by atoms with Gasteiger partial charge < -0.3 is 14.4 Å². The Hall–Kier alpha value is -2.37. The van der Waals surface area contributed by atoms with Gasteiger partial charge in [-0.2, -0.15) is 0 Å². The first kappa shape index (κ1) is 15.2. The first-order valence-corrected chi connectivity index (χ1v) is 8.82.